The highest BCUT2D eigenvalue weighted by Crippen LogP contribution is 2.54. The predicted molar refractivity (Wildman–Crippen MR) is 186 cm³/mol. The Morgan fingerprint density at radius 3 is 2.24 bits per heavy atom. The molecule has 1 saturated heterocycles. The number of carbonyl (C=O) groups is 5. The van der Waals surface area contributed by atoms with Crippen LogP contribution in [0.2, 0.25) is 0 Å². The van der Waals surface area contributed by atoms with Gasteiger partial charge in [0, 0.05) is 63.0 Å². The Labute approximate surface area is 316 Å². The number of ether oxygens (including phenoxy) is 8. The van der Waals surface area contributed by atoms with Gasteiger partial charge in [-0.15, -0.1) is 0 Å². The standard InChI is InChI=1S/C39H45F3O13/c1-8-9-13-27(45)53-18-26(44)38(52-7)16-22-30(24(17-38)55-28-15-20(14-25(43)39(40,41)42)35(49-4)19(2)54-28)37(51-6)32-31(36(22)50-5)33(46)21-11-10-12-23(48-3)29(21)34(32)47/h10-12,19-20,24,28,35H,8-9,13-18H2,1-7H3/t19-,20+,24+,28?,35-,38-/m0/s1. The van der Waals surface area contributed by atoms with Crippen LogP contribution in [0.25, 0.3) is 0 Å². The lowest BCUT2D eigenvalue weighted by molar-refractivity contribution is -0.262. The highest BCUT2D eigenvalue weighted by molar-refractivity contribution is 6.31. The molecule has 1 unspecified atom stereocenters. The largest absolute Gasteiger partial charge is 0.496 e. The SMILES string of the molecule is CCCCC(=O)OCC(=O)[C@]1(OC)Cc2c(OC)c3c(c(OC)c2[C@H](OC2C[C@@H](CC(=O)C(F)(F)F)[C@@H](OC)[C@H](C)O2)C1)C(=O)c1c(OC)cccc1C3=O. The molecule has 0 saturated carbocycles. The molecule has 16 heteroatoms. The van der Waals surface area contributed by atoms with Gasteiger partial charge in [-0.2, -0.15) is 13.2 Å². The summed E-state index contributed by atoms with van der Waals surface area (Å²) in [4.78, 5) is 67.4. The number of unbranched alkanes of at least 4 members (excludes halogenated alkanes) is 1. The lowest BCUT2D eigenvalue weighted by Crippen LogP contribution is -2.51. The molecule has 0 amide bonds. The molecule has 13 nitrogen and oxygen atoms in total. The van der Waals surface area contributed by atoms with Crippen molar-refractivity contribution in [1.82, 2.24) is 0 Å². The van der Waals surface area contributed by atoms with Crippen LogP contribution in [0.3, 0.4) is 0 Å². The molecule has 3 aliphatic rings. The van der Waals surface area contributed by atoms with Crippen LogP contribution in [0.1, 0.15) is 101 Å². The molecule has 0 aromatic heterocycles. The first-order chi connectivity index (χ1) is 26.1. The molecule has 6 atom stereocenters. The predicted octanol–water partition coefficient (Wildman–Crippen LogP) is 5.47. The van der Waals surface area contributed by atoms with E-state index in [4.69, 9.17) is 37.9 Å². The average molecular weight is 779 g/mol. The van der Waals surface area contributed by atoms with Crippen LogP contribution in [0.5, 0.6) is 17.2 Å². The van der Waals surface area contributed by atoms with E-state index in [0.717, 1.165) is 6.42 Å². The third-order valence-corrected chi connectivity index (χ3v) is 10.6. The number of alkyl halides is 3. The minimum atomic E-state index is -5.08. The van der Waals surface area contributed by atoms with Crippen LogP contribution >= 0.6 is 0 Å². The third kappa shape index (κ3) is 7.86. The monoisotopic (exact) mass is 778 g/mol. The van der Waals surface area contributed by atoms with Gasteiger partial charge in [-0.1, -0.05) is 25.5 Å². The molecule has 5 rings (SSSR count). The molecule has 1 aliphatic heterocycles. The number of Topliss-reactive ketones (excluding diaryl/α,β-unsaturated/α-hetero) is 2. The quantitative estimate of drug-likeness (QED) is 0.179. The van der Waals surface area contributed by atoms with Gasteiger partial charge in [0.1, 0.15) is 22.8 Å². The number of carbonyl (C=O) groups excluding carboxylic acids is 5. The lowest BCUT2D eigenvalue weighted by Gasteiger charge is -2.45. The second-order valence-corrected chi connectivity index (χ2v) is 13.7. The van der Waals surface area contributed by atoms with Gasteiger partial charge in [0.05, 0.1) is 56.3 Å². The van der Waals surface area contributed by atoms with Gasteiger partial charge in [0.15, 0.2) is 18.7 Å². The minimum absolute atomic E-state index is 0.00499. The Bertz CT molecular complexity index is 1840. The summed E-state index contributed by atoms with van der Waals surface area (Å²) >= 11 is 0. The van der Waals surface area contributed by atoms with Crippen LogP contribution in [0, 0.1) is 5.92 Å². The van der Waals surface area contributed by atoms with Crippen molar-refractivity contribution in [3.05, 3.63) is 51.6 Å². The van der Waals surface area contributed by atoms with E-state index in [1.807, 2.05) is 6.92 Å². The molecular weight excluding hydrogens is 733 g/mol. The van der Waals surface area contributed by atoms with Gasteiger partial charge < -0.3 is 37.9 Å². The topological polar surface area (TPSA) is 159 Å². The third-order valence-electron chi connectivity index (χ3n) is 10.6. The molecule has 2 aromatic carbocycles. The number of hydrogen-bond donors (Lipinski definition) is 0. The van der Waals surface area contributed by atoms with Crippen molar-refractivity contribution in [1.29, 1.82) is 0 Å². The summed E-state index contributed by atoms with van der Waals surface area (Å²) < 4.78 is 86.8. The molecule has 2 aromatic rings. The van der Waals surface area contributed by atoms with E-state index in [0.29, 0.717) is 6.42 Å². The van der Waals surface area contributed by atoms with Crippen molar-refractivity contribution in [2.24, 2.45) is 5.92 Å². The Kier molecular flexibility index (Phi) is 12.7. The van der Waals surface area contributed by atoms with E-state index >= 15 is 0 Å². The number of esters is 1. The molecule has 0 spiro atoms. The molecular formula is C39H45F3O13. The van der Waals surface area contributed by atoms with E-state index in [1.54, 1.807) is 13.0 Å². The maximum Gasteiger partial charge on any atom is 0.449 e. The molecule has 55 heavy (non-hydrogen) atoms. The highest BCUT2D eigenvalue weighted by atomic mass is 19.4. The summed E-state index contributed by atoms with van der Waals surface area (Å²) in [6, 6.07) is 4.57. The Morgan fingerprint density at radius 1 is 0.945 bits per heavy atom. The van der Waals surface area contributed by atoms with E-state index in [-0.39, 0.29) is 76.3 Å². The molecule has 1 heterocycles. The van der Waals surface area contributed by atoms with Crippen molar-refractivity contribution in [2.75, 3.05) is 42.2 Å². The van der Waals surface area contributed by atoms with Crippen molar-refractivity contribution < 1.29 is 75.0 Å². The van der Waals surface area contributed by atoms with Gasteiger partial charge in [0.2, 0.25) is 17.3 Å². The van der Waals surface area contributed by atoms with Crippen LogP contribution in [0.15, 0.2) is 18.2 Å². The maximum absolute atomic E-state index is 14.4. The van der Waals surface area contributed by atoms with Crippen LogP contribution in [-0.4, -0.2) is 102 Å². The van der Waals surface area contributed by atoms with Gasteiger partial charge in [-0.25, -0.2) is 0 Å². The maximum atomic E-state index is 14.4. The number of rotatable bonds is 15. The molecule has 0 N–H and O–H groups in total. The number of benzene rings is 2. The summed E-state index contributed by atoms with van der Waals surface area (Å²) in [7, 11) is 6.51. The normalized spacial score (nSPS) is 24.7. The van der Waals surface area contributed by atoms with E-state index < -0.39 is 84.4 Å². The van der Waals surface area contributed by atoms with Crippen molar-refractivity contribution >= 4 is 29.1 Å². The van der Waals surface area contributed by atoms with Gasteiger partial charge >= 0.3 is 12.1 Å². The van der Waals surface area contributed by atoms with Crippen LogP contribution < -0.4 is 14.2 Å². The number of fused-ring (bicyclic) bond motifs is 3. The number of methoxy groups -OCH3 is 5. The fourth-order valence-corrected chi connectivity index (χ4v) is 7.92. The average Bonchev–Trinajstić information content (AvgIpc) is 3.16. The van der Waals surface area contributed by atoms with E-state index in [9.17, 15) is 37.1 Å². The highest BCUT2D eigenvalue weighted by Gasteiger charge is 2.53. The first kappa shape index (κ1) is 41.8. The zero-order valence-electron chi connectivity index (χ0n) is 31.7. The minimum Gasteiger partial charge on any atom is -0.496 e. The molecule has 1 fully saturated rings. The zero-order chi connectivity index (χ0) is 40.4. The van der Waals surface area contributed by atoms with Crippen LogP contribution in [0.4, 0.5) is 13.2 Å². The number of hydrogen-bond acceptors (Lipinski definition) is 13. The summed E-state index contributed by atoms with van der Waals surface area (Å²) in [5.74, 6) is -5.37. The summed E-state index contributed by atoms with van der Waals surface area (Å²) in [5.41, 5.74) is -1.62. The molecule has 300 valence electrons. The number of ketones is 4. The summed E-state index contributed by atoms with van der Waals surface area (Å²) in [5, 5.41) is 0. The Hall–Kier alpha value is -4.38. The van der Waals surface area contributed by atoms with Crippen LogP contribution in [-0.2, 0) is 44.5 Å². The van der Waals surface area contributed by atoms with Crippen molar-refractivity contribution in [3.63, 3.8) is 0 Å². The van der Waals surface area contributed by atoms with Gasteiger partial charge in [0.25, 0.3) is 0 Å². The van der Waals surface area contributed by atoms with Gasteiger partial charge in [-0.05, 0) is 25.3 Å². The molecule has 0 bridgehead atoms. The van der Waals surface area contributed by atoms with E-state index in [1.165, 1.54) is 47.7 Å². The first-order valence-electron chi connectivity index (χ1n) is 17.9. The second kappa shape index (κ2) is 16.8. The second-order valence-electron chi connectivity index (χ2n) is 13.7. The van der Waals surface area contributed by atoms with E-state index in [2.05, 4.69) is 0 Å². The molecule has 2 aliphatic carbocycles. The Morgan fingerprint density at radius 2 is 1.64 bits per heavy atom. The van der Waals surface area contributed by atoms with Gasteiger partial charge in [-0.3, -0.25) is 24.0 Å². The number of halogens is 3. The zero-order valence-corrected chi connectivity index (χ0v) is 31.7. The first-order valence-corrected chi connectivity index (χ1v) is 17.9. The Balaban J connectivity index is 1.67. The summed E-state index contributed by atoms with van der Waals surface area (Å²) in [6.07, 6.45) is -9.66. The molecule has 0 radical (unpaired) electrons. The summed E-state index contributed by atoms with van der Waals surface area (Å²) in [6.45, 7) is 2.80. The fourth-order valence-electron chi connectivity index (χ4n) is 7.92. The van der Waals surface area contributed by atoms with Crippen molar-refractivity contribution in [2.45, 2.75) is 95.2 Å². The van der Waals surface area contributed by atoms with Crippen molar-refractivity contribution in [3.8, 4) is 17.2 Å². The lowest BCUT2D eigenvalue weighted by atomic mass is 9.71. The fraction of sp³-hybridized carbons (Fsp3) is 0.564. The smallest absolute Gasteiger partial charge is 0.449 e.